The molecular formula is C16H12Cl2N2O2. The fourth-order valence-electron chi connectivity index (χ4n) is 2.05. The van der Waals surface area contributed by atoms with Gasteiger partial charge in [0.15, 0.2) is 0 Å². The molecule has 0 N–H and O–H groups in total. The van der Waals surface area contributed by atoms with Crippen LogP contribution in [0.5, 0.6) is 0 Å². The molecule has 4 nitrogen and oxygen atoms in total. The molecule has 0 radical (unpaired) electrons. The molecule has 0 aliphatic carbocycles. The van der Waals surface area contributed by atoms with Crippen LogP contribution in [0.2, 0.25) is 10.0 Å². The number of nitrogens with zero attached hydrogens (tertiary/aromatic N) is 2. The van der Waals surface area contributed by atoms with Gasteiger partial charge in [-0.25, -0.2) is 4.79 Å². The third-order valence-corrected chi connectivity index (χ3v) is 3.77. The van der Waals surface area contributed by atoms with E-state index in [2.05, 4.69) is 4.98 Å². The van der Waals surface area contributed by atoms with E-state index in [1.54, 1.807) is 32.0 Å². The van der Waals surface area contributed by atoms with Gasteiger partial charge in [-0.2, -0.15) is 5.26 Å². The molecule has 0 aliphatic rings. The lowest BCUT2D eigenvalue weighted by Gasteiger charge is -2.12. The largest absolute Gasteiger partial charge is 0.462 e. The maximum absolute atomic E-state index is 12.2. The van der Waals surface area contributed by atoms with Gasteiger partial charge in [0.1, 0.15) is 11.6 Å². The third-order valence-electron chi connectivity index (χ3n) is 2.95. The van der Waals surface area contributed by atoms with Crippen molar-refractivity contribution in [2.24, 2.45) is 0 Å². The smallest absolute Gasteiger partial charge is 0.341 e. The van der Waals surface area contributed by atoms with Crippen LogP contribution >= 0.6 is 23.2 Å². The number of aryl methyl sites for hydroxylation is 1. The van der Waals surface area contributed by atoms with Crippen molar-refractivity contribution >= 4 is 29.2 Å². The molecule has 0 atom stereocenters. The summed E-state index contributed by atoms with van der Waals surface area (Å²) in [7, 11) is 0. The molecule has 0 bridgehead atoms. The Bertz CT molecular complexity index is 782. The lowest BCUT2D eigenvalue weighted by atomic mass is 10.0. The zero-order chi connectivity index (χ0) is 16.3. The Morgan fingerprint density at radius 1 is 1.41 bits per heavy atom. The van der Waals surface area contributed by atoms with E-state index in [9.17, 15) is 10.1 Å². The third kappa shape index (κ3) is 3.06. The first-order chi connectivity index (χ1) is 10.5. The van der Waals surface area contributed by atoms with Gasteiger partial charge in [-0.15, -0.1) is 0 Å². The first-order valence-corrected chi connectivity index (χ1v) is 7.28. The Morgan fingerprint density at radius 2 is 2.14 bits per heavy atom. The summed E-state index contributed by atoms with van der Waals surface area (Å²) >= 11 is 12.3. The number of esters is 1. The number of nitriles is 1. The lowest BCUT2D eigenvalue weighted by Crippen LogP contribution is -2.11. The lowest BCUT2D eigenvalue weighted by molar-refractivity contribution is 0.0526. The first-order valence-electron chi connectivity index (χ1n) is 6.52. The average Bonchev–Trinajstić information content (AvgIpc) is 2.49. The van der Waals surface area contributed by atoms with Gasteiger partial charge in [0.25, 0.3) is 0 Å². The van der Waals surface area contributed by atoms with Gasteiger partial charge in [-0.1, -0.05) is 35.3 Å². The van der Waals surface area contributed by atoms with Crippen LogP contribution < -0.4 is 0 Å². The minimum absolute atomic E-state index is 0.0964. The summed E-state index contributed by atoms with van der Waals surface area (Å²) in [5.74, 6) is -0.613. The molecule has 112 valence electrons. The van der Waals surface area contributed by atoms with E-state index in [1.165, 1.54) is 6.07 Å². The van der Waals surface area contributed by atoms with E-state index in [0.29, 0.717) is 22.0 Å². The Hall–Kier alpha value is -2.09. The minimum atomic E-state index is -0.613. The average molecular weight is 335 g/mol. The quantitative estimate of drug-likeness (QED) is 0.779. The van der Waals surface area contributed by atoms with Crippen LogP contribution in [-0.4, -0.2) is 17.6 Å². The van der Waals surface area contributed by atoms with Gasteiger partial charge in [0.2, 0.25) is 0 Å². The summed E-state index contributed by atoms with van der Waals surface area (Å²) in [4.78, 5) is 16.6. The van der Waals surface area contributed by atoms with Crippen LogP contribution in [0.3, 0.4) is 0 Å². The van der Waals surface area contributed by atoms with Crippen molar-refractivity contribution in [2.45, 2.75) is 13.8 Å². The molecule has 1 aromatic carbocycles. The Labute approximate surface area is 138 Å². The van der Waals surface area contributed by atoms with Gasteiger partial charge in [0, 0.05) is 11.3 Å². The molecule has 0 aliphatic heterocycles. The molecule has 1 aromatic heterocycles. The number of pyridine rings is 1. The van der Waals surface area contributed by atoms with Gasteiger partial charge >= 0.3 is 5.97 Å². The number of carbonyl (C=O) groups excluding carboxylic acids is 1. The highest BCUT2D eigenvalue weighted by molar-refractivity contribution is 6.43. The maximum Gasteiger partial charge on any atom is 0.341 e. The second-order valence-electron chi connectivity index (χ2n) is 4.47. The Morgan fingerprint density at radius 3 is 2.77 bits per heavy atom. The molecule has 0 unspecified atom stereocenters. The van der Waals surface area contributed by atoms with E-state index in [4.69, 9.17) is 27.9 Å². The summed E-state index contributed by atoms with van der Waals surface area (Å²) in [5.41, 5.74) is 1.66. The summed E-state index contributed by atoms with van der Waals surface area (Å²) < 4.78 is 5.04. The summed E-state index contributed by atoms with van der Waals surface area (Å²) in [5, 5.41) is 9.93. The predicted octanol–water partition coefficient (Wildman–Crippen LogP) is 4.41. The normalized spacial score (nSPS) is 10.1. The molecule has 2 aromatic rings. The number of hydrogen-bond donors (Lipinski definition) is 0. The van der Waals surface area contributed by atoms with Gasteiger partial charge in [-0.3, -0.25) is 4.98 Å². The molecule has 0 saturated carbocycles. The molecule has 0 amide bonds. The van der Waals surface area contributed by atoms with Gasteiger partial charge < -0.3 is 4.74 Å². The molecule has 2 rings (SSSR count). The molecular weight excluding hydrogens is 323 g/mol. The van der Waals surface area contributed by atoms with Crippen molar-refractivity contribution in [3.05, 3.63) is 51.1 Å². The number of carbonyl (C=O) groups is 1. The highest BCUT2D eigenvalue weighted by atomic mass is 35.5. The van der Waals surface area contributed by atoms with Gasteiger partial charge in [-0.05, 0) is 26.0 Å². The number of benzene rings is 1. The zero-order valence-electron chi connectivity index (χ0n) is 12.0. The summed E-state index contributed by atoms with van der Waals surface area (Å²) in [6.45, 7) is 3.62. The zero-order valence-corrected chi connectivity index (χ0v) is 13.5. The number of rotatable bonds is 3. The van der Waals surface area contributed by atoms with E-state index >= 15 is 0 Å². The molecule has 0 spiro atoms. The number of ether oxygens (including phenoxy) is 1. The number of aromatic nitrogens is 1. The van der Waals surface area contributed by atoms with Crippen LogP contribution in [0.15, 0.2) is 24.3 Å². The summed E-state index contributed by atoms with van der Waals surface area (Å²) in [6, 6.07) is 8.57. The fourth-order valence-corrected chi connectivity index (χ4v) is 2.44. The van der Waals surface area contributed by atoms with Crippen molar-refractivity contribution in [3.63, 3.8) is 0 Å². The maximum atomic E-state index is 12.2. The first kappa shape index (κ1) is 16.3. The fraction of sp³-hybridized carbons (Fsp3) is 0.188. The van der Waals surface area contributed by atoms with Crippen LogP contribution in [0.4, 0.5) is 0 Å². The minimum Gasteiger partial charge on any atom is -0.462 e. The Kier molecular flexibility index (Phi) is 5.02. The van der Waals surface area contributed by atoms with Crippen molar-refractivity contribution in [1.82, 2.24) is 4.98 Å². The topological polar surface area (TPSA) is 63.0 Å². The summed E-state index contributed by atoms with van der Waals surface area (Å²) in [6.07, 6.45) is 0. The van der Waals surface area contributed by atoms with Crippen LogP contribution in [-0.2, 0) is 4.74 Å². The molecule has 6 heteroatoms. The monoisotopic (exact) mass is 334 g/mol. The second-order valence-corrected chi connectivity index (χ2v) is 5.25. The number of halogens is 2. The van der Waals surface area contributed by atoms with E-state index in [1.807, 2.05) is 6.07 Å². The van der Waals surface area contributed by atoms with Crippen molar-refractivity contribution < 1.29 is 9.53 Å². The highest BCUT2D eigenvalue weighted by Gasteiger charge is 2.23. The molecule has 22 heavy (non-hydrogen) atoms. The van der Waals surface area contributed by atoms with E-state index in [-0.39, 0.29) is 22.8 Å². The standard InChI is InChI=1S/C16H12Cl2N2O2/c1-3-22-16(21)13-10(8-19)7-9(2)20-15(13)11-5-4-6-12(17)14(11)18/h4-7H,3H2,1-2H3. The van der Waals surface area contributed by atoms with E-state index in [0.717, 1.165) is 0 Å². The number of hydrogen-bond acceptors (Lipinski definition) is 4. The van der Waals surface area contributed by atoms with Crippen LogP contribution in [0, 0.1) is 18.3 Å². The Balaban J connectivity index is 2.80. The van der Waals surface area contributed by atoms with E-state index < -0.39 is 5.97 Å². The van der Waals surface area contributed by atoms with Crippen molar-refractivity contribution in [3.8, 4) is 17.3 Å². The molecule has 0 fully saturated rings. The molecule has 0 saturated heterocycles. The van der Waals surface area contributed by atoms with Crippen LogP contribution in [0.25, 0.3) is 11.3 Å². The highest BCUT2D eigenvalue weighted by Crippen LogP contribution is 2.35. The molecule has 1 heterocycles. The SMILES string of the molecule is CCOC(=O)c1c(C#N)cc(C)nc1-c1cccc(Cl)c1Cl. The predicted molar refractivity (Wildman–Crippen MR) is 85.1 cm³/mol. The van der Waals surface area contributed by atoms with Crippen LogP contribution in [0.1, 0.15) is 28.5 Å². The van der Waals surface area contributed by atoms with Crippen molar-refractivity contribution in [2.75, 3.05) is 6.61 Å². The van der Waals surface area contributed by atoms with Crippen molar-refractivity contribution in [1.29, 1.82) is 5.26 Å². The second kappa shape index (κ2) is 6.78. The van der Waals surface area contributed by atoms with Gasteiger partial charge in [0.05, 0.1) is 27.9 Å².